The number of carbonyl (C=O) groups is 1. The van der Waals surface area contributed by atoms with Gasteiger partial charge in [0.15, 0.2) is 0 Å². The van der Waals surface area contributed by atoms with Crippen LogP contribution in [0, 0.1) is 0 Å². The molecule has 1 aliphatic carbocycles. The second kappa shape index (κ2) is 8.81. The van der Waals surface area contributed by atoms with Gasteiger partial charge in [0.1, 0.15) is 0 Å². The molecular weight excluding hydrogens is 336 g/mol. The molecule has 0 heterocycles. The number of sulfonamides is 1. The van der Waals surface area contributed by atoms with Crippen LogP contribution < -0.4 is 5.32 Å². The summed E-state index contributed by atoms with van der Waals surface area (Å²) in [5.74, 6) is 0.267. The Morgan fingerprint density at radius 1 is 1.16 bits per heavy atom. The van der Waals surface area contributed by atoms with E-state index in [1.807, 2.05) is 26.0 Å². The zero-order chi connectivity index (χ0) is 18.4. The lowest BCUT2D eigenvalue weighted by atomic mass is 9.84. The standard InChI is InChI=1S/C19H30N2O3S/c1-4-21(14-19(22)20-15(2)3)25(23,24)18-12-10-17(11-13-18)16-8-6-5-7-9-16/h10-13,15-16H,4-9,14H2,1-3H3,(H,20,22). The molecule has 0 spiro atoms. The molecule has 2 rings (SSSR count). The lowest BCUT2D eigenvalue weighted by Crippen LogP contribution is -2.42. The Morgan fingerprint density at radius 3 is 2.28 bits per heavy atom. The van der Waals surface area contributed by atoms with E-state index in [2.05, 4.69) is 5.32 Å². The minimum absolute atomic E-state index is 0.0105. The van der Waals surface area contributed by atoms with Crippen molar-refractivity contribution >= 4 is 15.9 Å². The van der Waals surface area contributed by atoms with Crippen LogP contribution in [0.2, 0.25) is 0 Å². The van der Waals surface area contributed by atoms with E-state index in [9.17, 15) is 13.2 Å². The van der Waals surface area contributed by atoms with Gasteiger partial charge in [0.25, 0.3) is 0 Å². The third-order valence-electron chi connectivity index (χ3n) is 4.72. The molecule has 0 bridgehead atoms. The van der Waals surface area contributed by atoms with Gasteiger partial charge in [-0.3, -0.25) is 4.79 Å². The number of hydrogen-bond donors (Lipinski definition) is 1. The molecule has 140 valence electrons. The normalized spacial score (nSPS) is 16.4. The average Bonchev–Trinajstić information content (AvgIpc) is 2.59. The van der Waals surface area contributed by atoms with Crippen molar-refractivity contribution in [1.82, 2.24) is 9.62 Å². The van der Waals surface area contributed by atoms with Crippen LogP contribution in [0.5, 0.6) is 0 Å². The van der Waals surface area contributed by atoms with Gasteiger partial charge >= 0.3 is 0 Å². The van der Waals surface area contributed by atoms with Crippen LogP contribution in [-0.4, -0.2) is 37.8 Å². The summed E-state index contributed by atoms with van der Waals surface area (Å²) < 4.78 is 26.9. The summed E-state index contributed by atoms with van der Waals surface area (Å²) in [5.41, 5.74) is 1.22. The van der Waals surface area contributed by atoms with Gasteiger partial charge in [0, 0.05) is 12.6 Å². The van der Waals surface area contributed by atoms with Crippen molar-refractivity contribution in [3.05, 3.63) is 29.8 Å². The Morgan fingerprint density at radius 2 is 1.76 bits per heavy atom. The van der Waals surface area contributed by atoms with Gasteiger partial charge in [0.05, 0.1) is 11.4 Å². The largest absolute Gasteiger partial charge is 0.353 e. The Balaban J connectivity index is 2.12. The Kier molecular flexibility index (Phi) is 7.02. The number of nitrogens with one attached hydrogen (secondary N) is 1. The first-order valence-corrected chi connectivity index (χ1v) is 10.7. The predicted octanol–water partition coefficient (Wildman–Crippen LogP) is 3.27. The molecule has 6 heteroatoms. The minimum atomic E-state index is -3.66. The molecule has 1 aromatic carbocycles. The number of nitrogens with zero attached hydrogens (tertiary/aromatic N) is 1. The van der Waals surface area contributed by atoms with E-state index in [0.717, 1.165) is 0 Å². The fraction of sp³-hybridized carbons (Fsp3) is 0.632. The highest BCUT2D eigenvalue weighted by molar-refractivity contribution is 7.89. The van der Waals surface area contributed by atoms with E-state index in [1.54, 1.807) is 19.1 Å². The molecule has 1 aliphatic rings. The van der Waals surface area contributed by atoms with Crippen molar-refractivity contribution < 1.29 is 13.2 Å². The Bertz CT molecular complexity index is 662. The smallest absolute Gasteiger partial charge is 0.243 e. The maximum atomic E-state index is 12.8. The second-order valence-electron chi connectivity index (χ2n) is 7.06. The van der Waals surface area contributed by atoms with Crippen molar-refractivity contribution in [1.29, 1.82) is 0 Å². The summed E-state index contributed by atoms with van der Waals surface area (Å²) in [5, 5.41) is 2.74. The predicted molar refractivity (Wildman–Crippen MR) is 100.0 cm³/mol. The van der Waals surface area contributed by atoms with E-state index in [-0.39, 0.29) is 29.9 Å². The fourth-order valence-electron chi connectivity index (χ4n) is 3.39. The molecule has 0 unspecified atom stereocenters. The molecule has 25 heavy (non-hydrogen) atoms. The molecule has 0 atom stereocenters. The lowest BCUT2D eigenvalue weighted by Gasteiger charge is -2.23. The van der Waals surface area contributed by atoms with Gasteiger partial charge in [0.2, 0.25) is 15.9 Å². The average molecular weight is 367 g/mol. The number of hydrogen-bond acceptors (Lipinski definition) is 3. The van der Waals surface area contributed by atoms with Gasteiger partial charge < -0.3 is 5.32 Å². The minimum Gasteiger partial charge on any atom is -0.353 e. The zero-order valence-electron chi connectivity index (χ0n) is 15.5. The second-order valence-corrected chi connectivity index (χ2v) is 9.00. The molecule has 0 saturated heterocycles. The molecule has 1 amide bonds. The molecule has 1 fully saturated rings. The van der Waals surface area contributed by atoms with Crippen LogP contribution in [0.25, 0.3) is 0 Å². The van der Waals surface area contributed by atoms with Crippen LogP contribution in [0.1, 0.15) is 64.4 Å². The summed E-state index contributed by atoms with van der Waals surface area (Å²) in [6.45, 7) is 5.57. The third-order valence-corrected chi connectivity index (χ3v) is 6.65. The van der Waals surface area contributed by atoms with Gasteiger partial charge in [-0.25, -0.2) is 8.42 Å². The molecule has 1 aromatic rings. The first-order chi connectivity index (χ1) is 11.8. The van der Waals surface area contributed by atoms with Crippen molar-refractivity contribution in [2.24, 2.45) is 0 Å². The summed E-state index contributed by atoms with van der Waals surface area (Å²) in [4.78, 5) is 12.2. The van der Waals surface area contributed by atoms with E-state index in [4.69, 9.17) is 0 Å². The molecule has 0 aliphatic heterocycles. The quantitative estimate of drug-likeness (QED) is 0.805. The Labute approximate surface area is 151 Å². The highest BCUT2D eigenvalue weighted by Crippen LogP contribution is 2.33. The van der Waals surface area contributed by atoms with Crippen LogP contribution in [0.3, 0.4) is 0 Å². The first-order valence-electron chi connectivity index (χ1n) is 9.24. The maximum absolute atomic E-state index is 12.8. The van der Waals surface area contributed by atoms with Crippen LogP contribution in [0.4, 0.5) is 0 Å². The van der Waals surface area contributed by atoms with Crippen molar-refractivity contribution in [3.63, 3.8) is 0 Å². The lowest BCUT2D eigenvalue weighted by molar-refractivity contribution is -0.121. The van der Waals surface area contributed by atoms with Crippen LogP contribution in [-0.2, 0) is 14.8 Å². The molecule has 1 saturated carbocycles. The molecule has 1 N–H and O–H groups in total. The van der Waals surface area contributed by atoms with Gasteiger partial charge in [-0.15, -0.1) is 0 Å². The highest BCUT2D eigenvalue weighted by atomic mass is 32.2. The number of benzene rings is 1. The molecule has 5 nitrogen and oxygen atoms in total. The van der Waals surface area contributed by atoms with Gasteiger partial charge in [-0.1, -0.05) is 38.3 Å². The van der Waals surface area contributed by atoms with Crippen molar-refractivity contribution in [2.75, 3.05) is 13.1 Å². The molecule has 0 radical (unpaired) electrons. The van der Waals surface area contributed by atoms with Crippen molar-refractivity contribution in [3.8, 4) is 0 Å². The van der Waals surface area contributed by atoms with E-state index >= 15 is 0 Å². The topological polar surface area (TPSA) is 66.5 Å². The summed E-state index contributed by atoms with van der Waals surface area (Å²) in [6.07, 6.45) is 6.16. The van der Waals surface area contributed by atoms with E-state index in [0.29, 0.717) is 5.92 Å². The summed E-state index contributed by atoms with van der Waals surface area (Å²) in [6, 6.07) is 7.23. The first kappa shape index (κ1) is 19.9. The third kappa shape index (κ3) is 5.28. The number of carbonyl (C=O) groups excluding carboxylic acids is 1. The monoisotopic (exact) mass is 366 g/mol. The molecular formula is C19H30N2O3S. The molecule has 0 aromatic heterocycles. The number of rotatable bonds is 7. The highest BCUT2D eigenvalue weighted by Gasteiger charge is 2.26. The van der Waals surface area contributed by atoms with Gasteiger partial charge in [-0.05, 0) is 50.3 Å². The summed E-state index contributed by atoms with van der Waals surface area (Å²) >= 11 is 0. The SMILES string of the molecule is CCN(CC(=O)NC(C)C)S(=O)(=O)c1ccc(C2CCCCC2)cc1. The zero-order valence-corrected chi connectivity index (χ0v) is 16.3. The Hall–Kier alpha value is -1.40. The van der Waals surface area contributed by atoms with Crippen LogP contribution >= 0.6 is 0 Å². The number of amides is 1. The maximum Gasteiger partial charge on any atom is 0.243 e. The van der Waals surface area contributed by atoms with Crippen LogP contribution in [0.15, 0.2) is 29.2 Å². The summed E-state index contributed by atoms with van der Waals surface area (Å²) in [7, 11) is -3.66. The number of likely N-dealkylation sites (N-methyl/N-ethyl adjacent to an activating group) is 1. The fourth-order valence-corrected chi connectivity index (χ4v) is 4.80. The van der Waals surface area contributed by atoms with E-state index in [1.165, 1.54) is 42.0 Å². The van der Waals surface area contributed by atoms with Crippen molar-refractivity contribution in [2.45, 2.75) is 69.7 Å². The van der Waals surface area contributed by atoms with E-state index < -0.39 is 10.0 Å². The van der Waals surface area contributed by atoms with Gasteiger partial charge in [-0.2, -0.15) is 4.31 Å².